The van der Waals surface area contributed by atoms with E-state index in [2.05, 4.69) is 5.32 Å². The monoisotopic (exact) mass is 251 g/mol. The van der Waals surface area contributed by atoms with Crippen molar-refractivity contribution in [3.63, 3.8) is 0 Å². The van der Waals surface area contributed by atoms with Crippen LogP contribution in [-0.2, 0) is 16.1 Å². The summed E-state index contributed by atoms with van der Waals surface area (Å²) in [5, 5.41) is 3.13. The Kier molecular flexibility index (Phi) is 5.65. The van der Waals surface area contributed by atoms with Crippen molar-refractivity contribution in [2.75, 3.05) is 13.7 Å². The lowest BCUT2D eigenvalue weighted by Gasteiger charge is -2.14. The molecule has 1 N–H and O–H groups in total. The zero-order chi connectivity index (χ0) is 13.5. The topological polar surface area (TPSA) is 47.6 Å². The molecule has 100 valence electrons. The number of benzene rings is 1. The fourth-order valence-corrected chi connectivity index (χ4v) is 1.66. The molecule has 1 unspecified atom stereocenters. The highest BCUT2D eigenvalue weighted by atomic mass is 16.5. The molecule has 0 bridgehead atoms. The molecule has 18 heavy (non-hydrogen) atoms. The smallest absolute Gasteiger partial charge is 0.322 e. The Morgan fingerprint density at radius 2 is 2.17 bits per heavy atom. The molecular formula is C14H21NO3. The third-order valence-corrected chi connectivity index (χ3v) is 2.67. The number of rotatable bonds is 6. The summed E-state index contributed by atoms with van der Waals surface area (Å²) in [7, 11) is 1.64. The van der Waals surface area contributed by atoms with Crippen LogP contribution in [0.3, 0.4) is 0 Å². The van der Waals surface area contributed by atoms with Crippen molar-refractivity contribution in [1.29, 1.82) is 0 Å². The van der Waals surface area contributed by atoms with Gasteiger partial charge in [-0.3, -0.25) is 4.79 Å². The molecule has 4 nitrogen and oxygen atoms in total. The molecule has 0 radical (unpaired) electrons. The molecule has 0 aromatic heterocycles. The van der Waals surface area contributed by atoms with Crippen LogP contribution in [0.25, 0.3) is 0 Å². The molecule has 0 aliphatic rings. The highest BCUT2D eigenvalue weighted by Gasteiger charge is 2.13. The van der Waals surface area contributed by atoms with E-state index in [1.165, 1.54) is 0 Å². The first-order chi connectivity index (χ1) is 8.58. The SMILES string of the molecule is CCOC(=O)C(C)NCc1cc(C)ccc1OC. The molecule has 1 rings (SSSR count). The average Bonchev–Trinajstić information content (AvgIpc) is 2.36. The Bertz CT molecular complexity index is 404. The quantitative estimate of drug-likeness (QED) is 0.786. The summed E-state index contributed by atoms with van der Waals surface area (Å²) in [5.74, 6) is 0.591. The zero-order valence-corrected chi connectivity index (χ0v) is 11.4. The van der Waals surface area contributed by atoms with E-state index in [1.54, 1.807) is 21.0 Å². The normalized spacial score (nSPS) is 12.0. The van der Waals surface area contributed by atoms with E-state index < -0.39 is 0 Å². The van der Waals surface area contributed by atoms with Crippen LogP contribution in [0.4, 0.5) is 0 Å². The molecule has 1 aromatic carbocycles. The van der Waals surface area contributed by atoms with E-state index in [1.807, 2.05) is 25.1 Å². The maximum absolute atomic E-state index is 11.5. The van der Waals surface area contributed by atoms with Crippen molar-refractivity contribution >= 4 is 5.97 Å². The Morgan fingerprint density at radius 1 is 1.44 bits per heavy atom. The van der Waals surface area contributed by atoms with E-state index >= 15 is 0 Å². The molecule has 0 spiro atoms. The number of ether oxygens (including phenoxy) is 2. The van der Waals surface area contributed by atoms with Crippen molar-refractivity contribution < 1.29 is 14.3 Å². The average molecular weight is 251 g/mol. The fraction of sp³-hybridized carbons (Fsp3) is 0.500. The zero-order valence-electron chi connectivity index (χ0n) is 11.4. The van der Waals surface area contributed by atoms with Crippen LogP contribution < -0.4 is 10.1 Å². The second-order valence-electron chi connectivity index (χ2n) is 4.17. The summed E-state index contributed by atoms with van der Waals surface area (Å²) in [6, 6.07) is 5.65. The number of hydrogen-bond acceptors (Lipinski definition) is 4. The fourth-order valence-electron chi connectivity index (χ4n) is 1.66. The van der Waals surface area contributed by atoms with Crippen LogP contribution in [0, 0.1) is 6.92 Å². The maximum atomic E-state index is 11.5. The van der Waals surface area contributed by atoms with Crippen LogP contribution in [0.15, 0.2) is 18.2 Å². The summed E-state index contributed by atoms with van der Waals surface area (Å²) < 4.78 is 10.2. The molecule has 0 aliphatic heterocycles. The number of esters is 1. The first-order valence-electron chi connectivity index (χ1n) is 6.12. The number of methoxy groups -OCH3 is 1. The first kappa shape index (κ1) is 14.5. The van der Waals surface area contributed by atoms with Crippen molar-refractivity contribution in [3.8, 4) is 5.75 Å². The predicted octanol–water partition coefficient (Wildman–Crippen LogP) is 2.04. The lowest BCUT2D eigenvalue weighted by molar-refractivity contribution is -0.145. The number of carbonyl (C=O) groups is 1. The van der Waals surface area contributed by atoms with Crippen molar-refractivity contribution in [1.82, 2.24) is 5.32 Å². The summed E-state index contributed by atoms with van der Waals surface area (Å²) in [4.78, 5) is 11.5. The Morgan fingerprint density at radius 3 is 2.78 bits per heavy atom. The maximum Gasteiger partial charge on any atom is 0.322 e. The minimum absolute atomic E-state index is 0.232. The van der Waals surface area contributed by atoms with Crippen LogP contribution in [0.2, 0.25) is 0 Å². The number of aryl methyl sites for hydroxylation is 1. The van der Waals surface area contributed by atoms with Gasteiger partial charge in [0.2, 0.25) is 0 Å². The third-order valence-electron chi connectivity index (χ3n) is 2.67. The van der Waals surface area contributed by atoms with E-state index in [4.69, 9.17) is 9.47 Å². The van der Waals surface area contributed by atoms with Crippen molar-refractivity contribution in [2.24, 2.45) is 0 Å². The van der Waals surface area contributed by atoms with Gasteiger partial charge in [-0.15, -0.1) is 0 Å². The van der Waals surface area contributed by atoms with Gasteiger partial charge in [0.15, 0.2) is 0 Å². The summed E-state index contributed by atoms with van der Waals surface area (Å²) in [6.07, 6.45) is 0. The molecule has 1 aromatic rings. The van der Waals surface area contributed by atoms with Gasteiger partial charge in [-0.25, -0.2) is 0 Å². The van der Waals surface area contributed by atoms with E-state index in [0.29, 0.717) is 13.2 Å². The van der Waals surface area contributed by atoms with E-state index in [0.717, 1.165) is 16.9 Å². The lowest BCUT2D eigenvalue weighted by atomic mass is 10.1. The second kappa shape index (κ2) is 7.01. The minimum atomic E-state index is -0.324. The van der Waals surface area contributed by atoms with Crippen LogP contribution in [0.5, 0.6) is 5.75 Å². The van der Waals surface area contributed by atoms with Gasteiger partial charge in [-0.05, 0) is 26.8 Å². The molecule has 0 amide bonds. The molecule has 4 heteroatoms. The molecule has 0 heterocycles. The van der Waals surface area contributed by atoms with Crippen LogP contribution >= 0.6 is 0 Å². The van der Waals surface area contributed by atoms with Gasteiger partial charge < -0.3 is 14.8 Å². The van der Waals surface area contributed by atoms with E-state index in [9.17, 15) is 4.79 Å². The predicted molar refractivity (Wildman–Crippen MR) is 70.7 cm³/mol. The van der Waals surface area contributed by atoms with Gasteiger partial charge in [0.05, 0.1) is 13.7 Å². The Balaban J connectivity index is 2.62. The highest BCUT2D eigenvalue weighted by molar-refractivity contribution is 5.75. The molecule has 0 aliphatic carbocycles. The number of carbonyl (C=O) groups excluding carboxylic acids is 1. The van der Waals surface area contributed by atoms with Crippen LogP contribution in [-0.4, -0.2) is 25.7 Å². The molecular weight excluding hydrogens is 230 g/mol. The van der Waals surface area contributed by atoms with Gasteiger partial charge in [-0.1, -0.05) is 17.7 Å². The molecule has 0 saturated carbocycles. The molecule has 0 fully saturated rings. The molecule has 1 atom stereocenters. The lowest BCUT2D eigenvalue weighted by Crippen LogP contribution is -2.35. The van der Waals surface area contributed by atoms with Gasteiger partial charge in [0, 0.05) is 12.1 Å². The number of nitrogens with one attached hydrogen (secondary N) is 1. The summed E-state index contributed by atoms with van der Waals surface area (Å²) in [6.45, 7) is 6.59. The van der Waals surface area contributed by atoms with Crippen molar-refractivity contribution in [3.05, 3.63) is 29.3 Å². The van der Waals surface area contributed by atoms with Gasteiger partial charge in [0.25, 0.3) is 0 Å². The largest absolute Gasteiger partial charge is 0.496 e. The van der Waals surface area contributed by atoms with Crippen LogP contribution in [0.1, 0.15) is 25.0 Å². The standard InChI is InChI=1S/C14H21NO3/c1-5-18-14(16)11(3)15-9-12-8-10(2)6-7-13(12)17-4/h6-8,11,15H,5,9H2,1-4H3. The second-order valence-corrected chi connectivity index (χ2v) is 4.17. The van der Waals surface area contributed by atoms with Crippen molar-refractivity contribution in [2.45, 2.75) is 33.4 Å². The van der Waals surface area contributed by atoms with Gasteiger partial charge >= 0.3 is 5.97 Å². The minimum Gasteiger partial charge on any atom is -0.496 e. The Hall–Kier alpha value is -1.55. The summed E-state index contributed by atoms with van der Waals surface area (Å²) >= 11 is 0. The Labute approximate surface area is 108 Å². The summed E-state index contributed by atoms with van der Waals surface area (Å²) in [5.41, 5.74) is 2.20. The molecule has 0 saturated heterocycles. The van der Waals surface area contributed by atoms with E-state index in [-0.39, 0.29) is 12.0 Å². The van der Waals surface area contributed by atoms with Gasteiger partial charge in [0.1, 0.15) is 11.8 Å². The highest BCUT2D eigenvalue weighted by Crippen LogP contribution is 2.19. The first-order valence-corrected chi connectivity index (χ1v) is 6.12. The number of hydrogen-bond donors (Lipinski definition) is 1. The third kappa shape index (κ3) is 4.04. The van der Waals surface area contributed by atoms with Gasteiger partial charge in [-0.2, -0.15) is 0 Å².